The van der Waals surface area contributed by atoms with E-state index in [1.807, 2.05) is 60.0 Å². The van der Waals surface area contributed by atoms with Crippen LogP contribution in [0.15, 0.2) is 58.5 Å². The molecule has 0 saturated carbocycles. The van der Waals surface area contributed by atoms with Crippen molar-refractivity contribution in [3.63, 3.8) is 0 Å². The highest BCUT2D eigenvalue weighted by Gasteiger charge is 2.16. The summed E-state index contributed by atoms with van der Waals surface area (Å²) < 4.78 is 10.0. The number of rotatable bonds is 6. The summed E-state index contributed by atoms with van der Waals surface area (Å²) in [7, 11) is 1.73. The fourth-order valence-corrected chi connectivity index (χ4v) is 5.58. The Balaban J connectivity index is 1.77. The van der Waals surface area contributed by atoms with Gasteiger partial charge < -0.3 is 4.74 Å². The van der Waals surface area contributed by atoms with Gasteiger partial charge in [0.15, 0.2) is 14.8 Å². The molecular formula is C21H18ClN3O2S3. The molecule has 2 aromatic carbocycles. The van der Waals surface area contributed by atoms with Gasteiger partial charge in [-0.15, -0.1) is 0 Å². The Morgan fingerprint density at radius 1 is 1.20 bits per heavy atom. The second kappa shape index (κ2) is 8.93. The minimum atomic E-state index is -0.109. The minimum absolute atomic E-state index is 0.109. The lowest BCUT2D eigenvalue weighted by Gasteiger charge is -2.10. The van der Waals surface area contributed by atoms with Crippen molar-refractivity contribution in [1.29, 1.82) is 0 Å². The van der Waals surface area contributed by atoms with Crippen LogP contribution in [-0.2, 0) is 12.8 Å². The number of halogens is 1. The number of ether oxygens (including phenoxy) is 1. The molecular weight excluding hydrogens is 458 g/mol. The molecule has 0 unspecified atom stereocenters. The number of hydrogen-bond donors (Lipinski definition) is 0. The quantitative estimate of drug-likeness (QED) is 0.198. The monoisotopic (exact) mass is 475 g/mol. The van der Waals surface area contributed by atoms with Crippen molar-refractivity contribution < 1.29 is 4.74 Å². The van der Waals surface area contributed by atoms with Crippen molar-refractivity contribution in [1.82, 2.24) is 14.1 Å². The van der Waals surface area contributed by atoms with E-state index in [4.69, 9.17) is 33.5 Å². The molecule has 2 heterocycles. The smallest absolute Gasteiger partial charge is 0.273 e. The molecule has 0 aliphatic carbocycles. The van der Waals surface area contributed by atoms with Crippen LogP contribution in [0.4, 0.5) is 0 Å². The van der Waals surface area contributed by atoms with E-state index in [1.54, 1.807) is 11.6 Å². The summed E-state index contributed by atoms with van der Waals surface area (Å²) in [5, 5.41) is 1.31. The lowest BCUT2D eigenvalue weighted by Crippen LogP contribution is -2.19. The maximum Gasteiger partial charge on any atom is 0.273 e. The Labute approximate surface area is 191 Å². The molecule has 4 rings (SSSR count). The van der Waals surface area contributed by atoms with Crippen LogP contribution in [0.1, 0.15) is 12.5 Å². The second-order valence-corrected chi connectivity index (χ2v) is 9.42. The summed E-state index contributed by atoms with van der Waals surface area (Å²) in [6.45, 7) is 2.54. The molecule has 2 aromatic heterocycles. The largest absolute Gasteiger partial charge is 0.494 e. The first-order chi connectivity index (χ1) is 14.5. The summed E-state index contributed by atoms with van der Waals surface area (Å²) in [6.07, 6.45) is 0. The van der Waals surface area contributed by atoms with E-state index in [-0.39, 0.29) is 5.56 Å². The summed E-state index contributed by atoms with van der Waals surface area (Å²) in [5.74, 6) is 1.39. The topological polar surface area (TPSA) is 49.0 Å². The van der Waals surface area contributed by atoms with E-state index in [9.17, 15) is 4.79 Å². The normalized spacial score (nSPS) is 11.2. The van der Waals surface area contributed by atoms with Crippen LogP contribution in [0.2, 0.25) is 5.02 Å². The van der Waals surface area contributed by atoms with Crippen LogP contribution < -0.4 is 10.3 Å². The fraction of sp³-hybridized carbons (Fsp3) is 0.190. The van der Waals surface area contributed by atoms with Crippen molar-refractivity contribution in [3.8, 4) is 11.4 Å². The van der Waals surface area contributed by atoms with E-state index in [2.05, 4.69) is 0 Å². The Morgan fingerprint density at radius 2 is 1.93 bits per heavy atom. The Kier molecular flexibility index (Phi) is 6.29. The maximum absolute atomic E-state index is 13.0. The highest BCUT2D eigenvalue weighted by molar-refractivity contribution is 7.98. The molecule has 9 heteroatoms. The number of benzene rings is 2. The first-order valence-corrected chi connectivity index (χ1v) is 11.8. The predicted octanol–water partition coefficient (Wildman–Crippen LogP) is 5.86. The molecule has 0 fully saturated rings. The highest BCUT2D eigenvalue weighted by atomic mass is 35.5. The number of hydrogen-bond acceptors (Lipinski definition) is 6. The first kappa shape index (κ1) is 21.1. The van der Waals surface area contributed by atoms with Crippen molar-refractivity contribution in [2.45, 2.75) is 17.8 Å². The summed E-state index contributed by atoms with van der Waals surface area (Å²) in [6, 6.07) is 15.3. The van der Waals surface area contributed by atoms with Gasteiger partial charge in [0.1, 0.15) is 10.4 Å². The van der Waals surface area contributed by atoms with Gasteiger partial charge in [-0.3, -0.25) is 13.9 Å². The van der Waals surface area contributed by atoms with Crippen molar-refractivity contribution in [3.05, 3.63) is 73.4 Å². The zero-order chi connectivity index (χ0) is 21.3. The molecule has 0 N–H and O–H groups in total. The van der Waals surface area contributed by atoms with Gasteiger partial charge in [-0.25, -0.2) is 4.98 Å². The molecule has 5 nitrogen and oxygen atoms in total. The summed E-state index contributed by atoms with van der Waals surface area (Å²) in [5.41, 5.74) is 2.30. The molecule has 0 amide bonds. The zero-order valence-corrected chi connectivity index (χ0v) is 19.5. The van der Waals surface area contributed by atoms with Crippen LogP contribution in [0.5, 0.6) is 5.75 Å². The van der Waals surface area contributed by atoms with E-state index in [1.165, 1.54) is 23.1 Å². The molecule has 0 spiro atoms. The Hall–Kier alpha value is -2.13. The molecule has 154 valence electrons. The van der Waals surface area contributed by atoms with Gasteiger partial charge in [0.05, 0.1) is 6.61 Å². The SMILES string of the molecule is CCOc1ccc(-n2c(=S)sc3c(=O)n(C)c(SCc4ccccc4Cl)nc32)cc1. The molecule has 0 bridgehead atoms. The standard InChI is InChI=1S/C21H18ClN3O2S3/c1-3-27-15-10-8-14(9-11-15)25-18-17(30-21(25)28)19(26)24(2)20(23-18)29-12-13-6-4-5-7-16(13)22/h4-11H,3,12H2,1-2H3. The van der Waals surface area contributed by atoms with Gasteiger partial charge >= 0.3 is 0 Å². The van der Waals surface area contributed by atoms with Crippen molar-refractivity contribution in [2.24, 2.45) is 7.05 Å². The number of fused-ring (bicyclic) bond motifs is 1. The van der Waals surface area contributed by atoms with Crippen molar-refractivity contribution >= 4 is 57.3 Å². The Morgan fingerprint density at radius 3 is 2.63 bits per heavy atom. The van der Waals surface area contributed by atoms with E-state index >= 15 is 0 Å². The van der Waals surface area contributed by atoms with Gasteiger partial charge in [0, 0.05) is 23.5 Å². The van der Waals surface area contributed by atoms with Gasteiger partial charge in [0.25, 0.3) is 5.56 Å². The van der Waals surface area contributed by atoms with Crippen LogP contribution >= 0.6 is 46.9 Å². The molecule has 0 atom stereocenters. The van der Waals surface area contributed by atoms with Crippen LogP contribution in [0, 0.1) is 3.95 Å². The Bertz CT molecular complexity index is 1330. The molecule has 0 saturated heterocycles. The van der Waals surface area contributed by atoms with Crippen LogP contribution in [-0.4, -0.2) is 20.7 Å². The third-order valence-corrected chi connectivity index (χ3v) is 7.29. The third-order valence-electron chi connectivity index (χ3n) is 4.49. The molecule has 30 heavy (non-hydrogen) atoms. The average Bonchev–Trinajstić information content (AvgIpc) is 3.07. The first-order valence-electron chi connectivity index (χ1n) is 9.21. The average molecular weight is 476 g/mol. The number of nitrogens with zero attached hydrogens (tertiary/aromatic N) is 3. The zero-order valence-electron chi connectivity index (χ0n) is 16.3. The fourth-order valence-electron chi connectivity index (χ4n) is 2.98. The van der Waals surface area contributed by atoms with Gasteiger partial charge in [-0.1, -0.05) is 52.9 Å². The number of thioether (sulfide) groups is 1. The minimum Gasteiger partial charge on any atom is -0.494 e. The second-order valence-electron chi connectivity index (χ2n) is 6.42. The molecule has 0 aliphatic heterocycles. The highest BCUT2D eigenvalue weighted by Crippen LogP contribution is 2.29. The van der Waals surface area contributed by atoms with E-state index < -0.39 is 0 Å². The third kappa shape index (κ3) is 4.05. The lowest BCUT2D eigenvalue weighted by molar-refractivity contribution is 0.340. The van der Waals surface area contributed by atoms with Crippen LogP contribution in [0.25, 0.3) is 16.0 Å². The van der Waals surface area contributed by atoms with E-state index in [0.29, 0.717) is 36.8 Å². The number of thiazole rings is 1. The summed E-state index contributed by atoms with van der Waals surface area (Å²) >= 11 is 14.6. The van der Waals surface area contributed by atoms with Gasteiger partial charge in [0.2, 0.25) is 0 Å². The molecule has 4 aromatic rings. The van der Waals surface area contributed by atoms with Gasteiger partial charge in [-0.2, -0.15) is 0 Å². The maximum atomic E-state index is 13.0. The summed E-state index contributed by atoms with van der Waals surface area (Å²) in [4.78, 5) is 17.8. The van der Waals surface area contributed by atoms with E-state index in [0.717, 1.165) is 17.0 Å². The van der Waals surface area contributed by atoms with Crippen molar-refractivity contribution in [2.75, 3.05) is 6.61 Å². The van der Waals surface area contributed by atoms with Gasteiger partial charge in [-0.05, 0) is 55.0 Å². The predicted molar refractivity (Wildman–Crippen MR) is 127 cm³/mol. The lowest BCUT2D eigenvalue weighted by atomic mass is 10.2. The number of aromatic nitrogens is 3. The van der Waals surface area contributed by atoms with Crippen LogP contribution in [0.3, 0.4) is 0 Å². The molecule has 0 aliphatic rings. The molecule has 0 radical (unpaired) electrons.